The fourth-order valence-corrected chi connectivity index (χ4v) is 2.06. The van der Waals surface area contributed by atoms with Crippen LogP contribution >= 0.6 is 11.3 Å². The molecule has 0 bridgehead atoms. The summed E-state index contributed by atoms with van der Waals surface area (Å²) in [5.41, 5.74) is 0.563. The molecule has 1 aliphatic rings. The summed E-state index contributed by atoms with van der Waals surface area (Å²) in [4.78, 5) is 16.3. The fourth-order valence-electron chi connectivity index (χ4n) is 1.28. The molecule has 0 spiro atoms. The van der Waals surface area contributed by atoms with E-state index in [0.717, 1.165) is 5.69 Å². The number of carbonyl (C=O) groups excluding carboxylic acids is 1. The van der Waals surface area contributed by atoms with Crippen LogP contribution in [0.5, 0.6) is 0 Å². The average molecular weight is 239 g/mol. The maximum Gasteiger partial charge on any atom is 0.245 e. The molecule has 0 unspecified atom stereocenters. The van der Waals surface area contributed by atoms with E-state index in [4.69, 9.17) is 0 Å². The first-order valence-electron chi connectivity index (χ1n) is 5.49. The second-order valence-corrected chi connectivity index (χ2v) is 5.54. The minimum Gasteiger partial charge on any atom is -0.307 e. The summed E-state index contributed by atoms with van der Waals surface area (Å²) < 4.78 is 0. The molecule has 16 heavy (non-hydrogen) atoms. The van der Waals surface area contributed by atoms with Crippen LogP contribution in [0.3, 0.4) is 0 Å². The summed E-state index contributed by atoms with van der Waals surface area (Å²) >= 11 is 1.50. The summed E-state index contributed by atoms with van der Waals surface area (Å²) in [7, 11) is 1.77. The van der Waals surface area contributed by atoms with Crippen molar-refractivity contribution in [2.45, 2.75) is 38.1 Å². The van der Waals surface area contributed by atoms with Crippen LogP contribution in [0.2, 0.25) is 0 Å². The van der Waals surface area contributed by atoms with Crippen LogP contribution in [0, 0.1) is 0 Å². The van der Waals surface area contributed by atoms with Crippen LogP contribution in [-0.2, 0) is 4.79 Å². The van der Waals surface area contributed by atoms with E-state index in [1.807, 2.05) is 19.2 Å². The molecule has 2 N–H and O–H groups in total. The maximum atomic E-state index is 11.9. The lowest BCUT2D eigenvalue weighted by atomic mass is 10.1. The van der Waals surface area contributed by atoms with Gasteiger partial charge in [0.2, 0.25) is 5.91 Å². The van der Waals surface area contributed by atoms with Gasteiger partial charge in [0.1, 0.15) is 0 Å². The van der Waals surface area contributed by atoms with Crippen molar-refractivity contribution >= 4 is 22.4 Å². The van der Waals surface area contributed by atoms with Gasteiger partial charge < -0.3 is 10.6 Å². The van der Waals surface area contributed by atoms with E-state index in [-0.39, 0.29) is 5.91 Å². The highest BCUT2D eigenvalue weighted by Gasteiger charge is 2.28. The lowest BCUT2D eigenvalue weighted by molar-refractivity contribution is -0.121. The first kappa shape index (κ1) is 11.5. The number of hydrogen-bond acceptors (Lipinski definition) is 4. The summed E-state index contributed by atoms with van der Waals surface area (Å²) in [5.74, 6) is 0.589. The van der Waals surface area contributed by atoms with Crippen molar-refractivity contribution in [3.63, 3.8) is 0 Å². The summed E-state index contributed by atoms with van der Waals surface area (Å²) in [6, 6.07) is 0. The lowest BCUT2D eigenvalue weighted by Gasteiger charge is -2.21. The van der Waals surface area contributed by atoms with Gasteiger partial charge in [-0.25, -0.2) is 4.98 Å². The molecule has 1 amide bonds. The molecule has 0 radical (unpaired) electrons. The molecular weight excluding hydrogens is 222 g/mol. The zero-order chi connectivity index (χ0) is 11.8. The standard InChI is InChI=1S/C11H17N3OS/c1-11(2,12-3)9(15)14-10-13-8(6-16-10)7-4-5-7/h6-7,12H,4-5H2,1-3H3,(H,13,14,15). The second-order valence-electron chi connectivity index (χ2n) is 4.68. The highest BCUT2D eigenvalue weighted by molar-refractivity contribution is 7.13. The SMILES string of the molecule is CNC(C)(C)C(=O)Nc1nc(C2CC2)cs1. The zero-order valence-corrected chi connectivity index (χ0v) is 10.6. The Morgan fingerprint density at radius 1 is 1.56 bits per heavy atom. The molecule has 1 saturated carbocycles. The highest BCUT2D eigenvalue weighted by Crippen LogP contribution is 2.40. The lowest BCUT2D eigenvalue weighted by Crippen LogP contribution is -2.47. The Balaban J connectivity index is 2.00. The Labute approximate surface area is 99.5 Å². The van der Waals surface area contributed by atoms with Crippen molar-refractivity contribution in [3.05, 3.63) is 11.1 Å². The largest absolute Gasteiger partial charge is 0.307 e. The number of thiazole rings is 1. The van der Waals surface area contributed by atoms with E-state index < -0.39 is 5.54 Å². The molecule has 2 rings (SSSR count). The van der Waals surface area contributed by atoms with Crippen LogP contribution in [0.25, 0.3) is 0 Å². The van der Waals surface area contributed by atoms with E-state index >= 15 is 0 Å². The van der Waals surface area contributed by atoms with Crippen molar-refractivity contribution in [1.82, 2.24) is 10.3 Å². The smallest absolute Gasteiger partial charge is 0.245 e. The molecule has 1 fully saturated rings. The van der Waals surface area contributed by atoms with Gasteiger partial charge in [0, 0.05) is 11.3 Å². The molecule has 4 nitrogen and oxygen atoms in total. The molecule has 1 aromatic rings. The number of anilines is 1. The molecule has 1 aromatic heterocycles. The first-order chi connectivity index (χ1) is 7.53. The number of likely N-dealkylation sites (N-methyl/N-ethyl adjacent to an activating group) is 1. The minimum atomic E-state index is -0.564. The number of carbonyl (C=O) groups is 1. The Kier molecular flexibility index (Phi) is 2.99. The quantitative estimate of drug-likeness (QED) is 0.844. The van der Waals surface area contributed by atoms with Crippen LogP contribution in [0.15, 0.2) is 5.38 Å². The average Bonchev–Trinajstić information content (AvgIpc) is 3.00. The van der Waals surface area contributed by atoms with Gasteiger partial charge in [-0.1, -0.05) is 0 Å². The molecule has 5 heteroatoms. The maximum absolute atomic E-state index is 11.9. The molecule has 1 heterocycles. The number of nitrogens with one attached hydrogen (secondary N) is 2. The van der Waals surface area contributed by atoms with E-state index in [1.54, 1.807) is 7.05 Å². The molecule has 0 aliphatic heterocycles. The third kappa shape index (κ3) is 2.41. The van der Waals surface area contributed by atoms with Gasteiger partial charge in [0.25, 0.3) is 0 Å². The topological polar surface area (TPSA) is 54.0 Å². The van der Waals surface area contributed by atoms with Crippen molar-refractivity contribution < 1.29 is 4.79 Å². The Bertz CT molecular complexity index is 396. The molecule has 88 valence electrons. The Morgan fingerprint density at radius 3 is 2.81 bits per heavy atom. The number of nitrogens with zero attached hydrogens (tertiary/aromatic N) is 1. The third-order valence-electron chi connectivity index (χ3n) is 2.93. The van der Waals surface area contributed by atoms with Gasteiger partial charge in [-0.3, -0.25) is 4.79 Å². The van der Waals surface area contributed by atoms with Crippen molar-refractivity contribution in [2.75, 3.05) is 12.4 Å². The van der Waals surface area contributed by atoms with E-state index in [2.05, 4.69) is 15.6 Å². The zero-order valence-electron chi connectivity index (χ0n) is 9.83. The van der Waals surface area contributed by atoms with Crippen LogP contribution in [-0.4, -0.2) is 23.5 Å². The number of hydrogen-bond donors (Lipinski definition) is 2. The van der Waals surface area contributed by atoms with Gasteiger partial charge in [0.05, 0.1) is 11.2 Å². The summed E-state index contributed by atoms with van der Waals surface area (Å²) in [6.07, 6.45) is 2.47. The van der Waals surface area contributed by atoms with Crippen LogP contribution in [0.1, 0.15) is 38.3 Å². The molecule has 0 saturated heterocycles. The van der Waals surface area contributed by atoms with E-state index in [0.29, 0.717) is 11.0 Å². The predicted molar refractivity (Wildman–Crippen MR) is 65.9 cm³/mol. The molecule has 1 aliphatic carbocycles. The Morgan fingerprint density at radius 2 is 2.25 bits per heavy atom. The van der Waals surface area contributed by atoms with Gasteiger partial charge in [-0.2, -0.15) is 0 Å². The highest BCUT2D eigenvalue weighted by atomic mass is 32.1. The van der Waals surface area contributed by atoms with E-state index in [1.165, 1.54) is 24.2 Å². The van der Waals surface area contributed by atoms with Crippen molar-refractivity contribution in [3.8, 4) is 0 Å². The minimum absolute atomic E-state index is 0.0494. The normalized spacial score (nSPS) is 16.2. The van der Waals surface area contributed by atoms with Crippen molar-refractivity contribution in [1.29, 1.82) is 0 Å². The third-order valence-corrected chi connectivity index (χ3v) is 3.71. The number of rotatable bonds is 4. The summed E-state index contributed by atoms with van der Waals surface area (Å²) in [5, 5.41) is 8.56. The molecule has 0 atom stereocenters. The van der Waals surface area contributed by atoms with Gasteiger partial charge in [-0.15, -0.1) is 11.3 Å². The summed E-state index contributed by atoms with van der Waals surface area (Å²) in [6.45, 7) is 3.69. The second kappa shape index (κ2) is 4.14. The van der Waals surface area contributed by atoms with Crippen molar-refractivity contribution in [2.24, 2.45) is 0 Å². The first-order valence-corrected chi connectivity index (χ1v) is 6.36. The van der Waals surface area contributed by atoms with Gasteiger partial charge >= 0.3 is 0 Å². The number of aromatic nitrogens is 1. The van der Waals surface area contributed by atoms with E-state index in [9.17, 15) is 4.79 Å². The Hall–Kier alpha value is -0.940. The van der Waals surface area contributed by atoms with Gasteiger partial charge in [-0.05, 0) is 33.7 Å². The molecular formula is C11H17N3OS. The van der Waals surface area contributed by atoms with Gasteiger partial charge in [0.15, 0.2) is 5.13 Å². The van der Waals surface area contributed by atoms with Crippen LogP contribution < -0.4 is 10.6 Å². The number of amides is 1. The predicted octanol–water partition coefficient (Wildman–Crippen LogP) is 1.96. The monoisotopic (exact) mass is 239 g/mol. The van der Waals surface area contributed by atoms with Crippen LogP contribution in [0.4, 0.5) is 5.13 Å². The molecule has 0 aromatic carbocycles. The fraction of sp³-hybridized carbons (Fsp3) is 0.636.